The summed E-state index contributed by atoms with van der Waals surface area (Å²) >= 11 is 0. The molecule has 1 atom stereocenters. The fraction of sp³-hybridized carbons (Fsp3) is 0.370. The Hall–Kier alpha value is -3.05. The number of carbonyl (C=O) groups is 1. The van der Waals surface area contributed by atoms with Gasteiger partial charge in [0.2, 0.25) is 0 Å². The number of esters is 1. The minimum Gasteiger partial charge on any atom is -0.427 e. The molecule has 0 saturated heterocycles. The van der Waals surface area contributed by atoms with Crippen LogP contribution in [0.5, 0.6) is 5.75 Å². The van der Waals surface area contributed by atoms with Crippen LogP contribution in [0.25, 0.3) is 11.1 Å². The van der Waals surface area contributed by atoms with Crippen molar-refractivity contribution in [2.75, 3.05) is 0 Å². The molecule has 168 valence electrons. The van der Waals surface area contributed by atoms with Crippen molar-refractivity contribution in [2.45, 2.75) is 65.1 Å². The summed E-state index contributed by atoms with van der Waals surface area (Å²) in [6.07, 6.45) is 10.6. The summed E-state index contributed by atoms with van der Waals surface area (Å²) in [6.45, 7) is 4.23. The van der Waals surface area contributed by atoms with Gasteiger partial charge in [-0.1, -0.05) is 61.7 Å². The second kappa shape index (κ2) is 12.7. The van der Waals surface area contributed by atoms with Gasteiger partial charge in [-0.15, -0.1) is 0 Å². The van der Waals surface area contributed by atoms with E-state index in [2.05, 4.69) is 29.0 Å². The summed E-state index contributed by atoms with van der Waals surface area (Å²) in [6, 6.07) is 17.7. The molecule has 3 aromatic rings. The van der Waals surface area contributed by atoms with Crippen LogP contribution in [0.1, 0.15) is 57.3 Å². The SMILES string of the molecule is CC(=O)Oc1ccc(-c2cnc(CCCCCCC(C)OCc3ccccc3)nc2)cc1. The highest BCUT2D eigenvalue weighted by Gasteiger charge is 2.05. The van der Waals surface area contributed by atoms with Gasteiger partial charge < -0.3 is 9.47 Å². The maximum atomic E-state index is 11.0. The van der Waals surface area contributed by atoms with Gasteiger partial charge in [-0.25, -0.2) is 9.97 Å². The van der Waals surface area contributed by atoms with Crippen molar-refractivity contribution >= 4 is 5.97 Å². The van der Waals surface area contributed by atoms with E-state index < -0.39 is 0 Å². The van der Waals surface area contributed by atoms with Crippen LogP contribution in [-0.4, -0.2) is 22.0 Å². The lowest BCUT2D eigenvalue weighted by atomic mass is 10.1. The van der Waals surface area contributed by atoms with E-state index in [1.807, 2.05) is 42.7 Å². The van der Waals surface area contributed by atoms with Crippen LogP contribution in [0.2, 0.25) is 0 Å². The molecule has 5 nitrogen and oxygen atoms in total. The molecule has 1 aromatic heterocycles. The maximum absolute atomic E-state index is 11.0. The second-order valence-corrected chi connectivity index (χ2v) is 8.07. The third-order valence-corrected chi connectivity index (χ3v) is 5.29. The van der Waals surface area contributed by atoms with E-state index in [4.69, 9.17) is 9.47 Å². The number of hydrogen-bond donors (Lipinski definition) is 0. The fourth-order valence-electron chi connectivity index (χ4n) is 3.48. The van der Waals surface area contributed by atoms with Crippen molar-refractivity contribution in [2.24, 2.45) is 0 Å². The van der Waals surface area contributed by atoms with Crippen molar-refractivity contribution in [3.05, 3.63) is 78.4 Å². The molecule has 1 unspecified atom stereocenters. The first-order valence-corrected chi connectivity index (χ1v) is 11.4. The first kappa shape index (κ1) is 23.6. The molecule has 0 spiro atoms. The van der Waals surface area contributed by atoms with E-state index in [-0.39, 0.29) is 12.1 Å². The highest BCUT2D eigenvalue weighted by molar-refractivity contribution is 5.70. The molecule has 0 aliphatic carbocycles. The van der Waals surface area contributed by atoms with Crippen molar-refractivity contribution in [3.8, 4) is 16.9 Å². The smallest absolute Gasteiger partial charge is 0.308 e. The lowest BCUT2D eigenvalue weighted by molar-refractivity contribution is -0.131. The molecule has 0 saturated carbocycles. The molecule has 0 fully saturated rings. The molecule has 0 N–H and O–H groups in total. The predicted molar refractivity (Wildman–Crippen MR) is 126 cm³/mol. The Bertz CT molecular complexity index is 941. The van der Waals surface area contributed by atoms with E-state index in [1.54, 1.807) is 12.1 Å². The number of benzene rings is 2. The molecule has 3 rings (SSSR count). The average molecular weight is 433 g/mol. The first-order chi connectivity index (χ1) is 15.6. The third kappa shape index (κ3) is 8.23. The van der Waals surface area contributed by atoms with Gasteiger partial charge in [-0.2, -0.15) is 0 Å². The van der Waals surface area contributed by atoms with Crippen LogP contribution in [0.4, 0.5) is 0 Å². The molecule has 0 bridgehead atoms. The van der Waals surface area contributed by atoms with Crippen LogP contribution in [-0.2, 0) is 22.6 Å². The van der Waals surface area contributed by atoms with Gasteiger partial charge in [0, 0.05) is 31.3 Å². The minimum atomic E-state index is -0.323. The molecule has 1 heterocycles. The summed E-state index contributed by atoms with van der Waals surface area (Å²) in [5, 5.41) is 0. The number of carbonyl (C=O) groups excluding carboxylic acids is 1. The van der Waals surface area contributed by atoms with Crippen LogP contribution >= 0.6 is 0 Å². The molecule has 0 aliphatic rings. The fourth-order valence-corrected chi connectivity index (χ4v) is 3.48. The lowest BCUT2D eigenvalue weighted by Gasteiger charge is -2.13. The van der Waals surface area contributed by atoms with Gasteiger partial charge in [0.15, 0.2) is 0 Å². The normalized spacial score (nSPS) is 11.8. The van der Waals surface area contributed by atoms with E-state index >= 15 is 0 Å². The zero-order valence-electron chi connectivity index (χ0n) is 19.0. The van der Waals surface area contributed by atoms with E-state index in [1.165, 1.54) is 31.7 Å². The summed E-state index contributed by atoms with van der Waals surface area (Å²) in [4.78, 5) is 20.0. The topological polar surface area (TPSA) is 61.3 Å². The van der Waals surface area contributed by atoms with E-state index in [9.17, 15) is 4.79 Å². The minimum absolute atomic E-state index is 0.286. The van der Waals surface area contributed by atoms with E-state index in [0.717, 1.165) is 36.2 Å². The lowest BCUT2D eigenvalue weighted by Crippen LogP contribution is -2.07. The van der Waals surface area contributed by atoms with Crippen LogP contribution < -0.4 is 4.74 Å². The van der Waals surface area contributed by atoms with Crippen molar-refractivity contribution < 1.29 is 14.3 Å². The van der Waals surface area contributed by atoms with Crippen molar-refractivity contribution in [1.29, 1.82) is 0 Å². The maximum Gasteiger partial charge on any atom is 0.308 e. The zero-order chi connectivity index (χ0) is 22.6. The number of unbranched alkanes of at least 4 members (excludes halogenated alkanes) is 3. The van der Waals surface area contributed by atoms with Gasteiger partial charge in [0.1, 0.15) is 11.6 Å². The Labute approximate surface area is 190 Å². The summed E-state index contributed by atoms with van der Waals surface area (Å²) in [5.74, 6) is 1.09. The summed E-state index contributed by atoms with van der Waals surface area (Å²) < 4.78 is 11.0. The Kier molecular flexibility index (Phi) is 9.38. The van der Waals surface area contributed by atoms with Gasteiger partial charge in [-0.3, -0.25) is 4.79 Å². The molecule has 0 radical (unpaired) electrons. The number of aryl methyl sites for hydroxylation is 1. The summed E-state index contributed by atoms with van der Waals surface area (Å²) in [7, 11) is 0. The van der Waals surface area contributed by atoms with Gasteiger partial charge >= 0.3 is 5.97 Å². The van der Waals surface area contributed by atoms with E-state index in [0.29, 0.717) is 12.4 Å². The molecule has 0 aliphatic heterocycles. The highest BCUT2D eigenvalue weighted by Crippen LogP contribution is 2.21. The Balaban J connectivity index is 1.30. The standard InChI is InChI=1S/C27H32N2O3/c1-21(31-20-23-11-7-5-8-12-23)10-6-3-4-9-13-27-28-18-25(19-29-27)24-14-16-26(17-15-24)32-22(2)30/h5,7-8,11-12,14-19,21H,3-4,6,9-10,13,20H2,1-2H3. The van der Waals surface area contributed by atoms with Crippen LogP contribution in [0.15, 0.2) is 67.0 Å². The summed E-state index contributed by atoms with van der Waals surface area (Å²) in [5.41, 5.74) is 3.17. The van der Waals surface area contributed by atoms with Gasteiger partial charge in [0.05, 0.1) is 12.7 Å². The second-order valence-electron chi connectivity index (χ2n) is 8.07. The highest BCUT2D eigenvalue weighted by atomic mass is 16.5. The van der Waals surface area contributed by atoms with Crippen molar-refractivity contribution in [1.82, 2.24) is 9.97 Å². The Morgan fingerprint density at radius 1 is 0.875 bits per heavy atom. The van der Waals surface area contributed by atoms with Crippen molar-refractivity contribution in [3.63, 3.8) is 0 Å². The molecular weight excluding hydrogens is 400 g/mol. The van der Waals surface area contributed by atoms with Crippen LogP contribution in [0, 0.1) is 0 Å². The predicted octanol–water partition coefficient (Wildman–Crippen LogP) is 6.17. The third-order valence-electron chi connectivity index (χ3n) is 5.29. The number of ether oxygens (including phenoxy) is 2. The van der Waals surface area contributed by atoms with Gasteiger partial charge in [0.25, 0.3) is 0 Å². The molecule has 2 aromatic carbocycles. The molecule has 0 amide bonds. The number of aromatic nitrogens is 2. The average Bonchev–Trinajstić information content (AvgIpc) is 2.81. The van der Waals surface area contributed by atoms with Crippen LogP contribution in [0.3, 0.4) is 0 Å². The first-order valence-electron chi connectivity index (χ1n) is 11.4. The molecule has 5 heteroatoms. The van der Waals surface area contributed by atoms with Gasteiger partial charge in [-0.05, 0) is 43.0 Å². The Morgan fingerprint density at radius 3 is 2.25 bits per heavy atom. The Morgan fingerprint density at radius 2 is 1.56 bits per heavy atom. The largest absolute Gasteiger partial charge is 0.427 e. The number of hydrogen-bond acceptors (Lipinski definition) is 5. The quantitative estimate of drug-likeness (QED) is 0.195. The number of nitrogens with zero attached hydrogens (tertiary/aromatic N) is 2. The number of rotatable bonds is 12. The zero-order valence-corrected chi connectivity index (χ0v) is 19.0. The molecule has 32 heavy (non-hydrogen) atoms. The molecular formula is C27H32N2O3. The monoisotopic (exact) mass is 432 g/mol.